The molecule has 0 spiro atoms. The van der Waals surface area contributed by atoms with Crippen molar-refractivity contribution in [1.29, 1.82) is 0 Å². The number of benzene rings is 1. The summed E-state index contributed by atoms with van der Waals surface area (Å²) in [5, 5.41) is 17.1. The average molecular weight is 603 g/mol. The topological polar surface area (TPSA) is 230 Å². The minimum Gasteiger partial charge on any atom is -0.481 e. The predicted molar refractivity (Wildman–Crippen MR) is 157 cm³/mol. The number of nitrogens with zero attached hydrogens (tertiary/aromatic N) is 3. The summed E-state index contributed by atoms with van der Waals surface area (Å²) in [6, 6.07) is 3.95. The summed E-state index contributed by atoms with van der Waals surface area (Å²) < 4.78 is 0. The van der Waals surface area contributed by atoms with Crippen LogP contribution in [0.1, 0.15) is 38.7 Å². The maximum atomic E-state index is 13.9. The van der Waals surface area contributed by atoms with E-state index >= 15 is 0 Å². The first-order chi connectivity index (χ1) is 20.2. The average Bonchev–Trinajstić information content (AvgIpc) is 2.92. The van der Waals surface area contributed by atoms with Crippen LogP contribution in [0.3, 0.4) is 0 Å². The molecule has 236 valence electrons. The van der Waals surface area contributed by atoms with Crippen molar-refractivity contribution in [3.63, 3.8) is 0 Å². The Hall–Kier alpha value is -4.69. The van der Waals surface area contributed by atoms with Crippen molar-refractivity contribution < 1.29 is 33.9 Å². The van der Waals surface area contributed by atoms with E-state index < -0.39 is 78.6 Å². The normalized spacial score (nSPS) is 22.7. The van der Waals surface area contributed by atoms with E-state index in [1.165, 1.54) is 19.0 Å². The lowest BCUT2D eigenvalue weighted by atomic mass is 9.98. The van der Waals surface area contributed by atoms with Gasteiger partial charge in [0.05, 0.1) is 13.0 Å². The van der Waals surface area contributed by atoms with Gasteiger partial charge in [-0.3, -0.25) is 33.8 Å². The van der Waals surface area contributed by atoms with Gasteiger partial charge in [-0.15, -0.1) is 0 Å². The fraction of sp³-hybridized carbons (Fsp3) is 0.536. The van der Waals surface area contributed by atoms with Crippen molar-refractivity contribution in [1.82, 2.24) is 25.8 Å². The Morgan fingerprint density at radius 3 is 2.16 bits per heavy atom. The van der Waals surface area contributed by atoms with E-state index in [1.54, 1.807) is 44.2 Å². The Morgan fingerprint density at radius 2 is 1.58 bits per heavy atom. The molecule has 43 heavy (non-hydrogen) atoms. The standard InChI is InChI=1S/C28H42N8O7/c1-16(2)23-25(41)33-18(11-8-12-31-28(29)30)26(42)35(3)15-21(37)32-19(14-22(38)39)24(40)34-20(27(43)36(23)4)13-17-9-6-5-7-10-17/h5-7,9-10,16,18-20,23H,8,11-15H2,1-4H3,(H,32,37)(H,33,41)(H,34,40)(H,38,39)(H4,29,30,31)/t18-,19-,20+,23-/m0/s1. The summed E-state index contributed by atoms with van der Waals surface area (Å²) in [6.07, 6.45) is -0.300. The number of hydrogen-bond acceptors (Lipinski definition) is 7. The third kappa shape index (κ3) is 10.6. The molecule has 1 aromatic carbocycles. The van der Waals surface area contributed by atoms with Crippen LogP contribution in [0.25, 0.3) is 0 Å². The molecule has 1 aliphatic rings. The van der Waals surface area contributed by atoms with E-state index in [2.05, 4.69) is 20.9 Å². The zero-order chi connectivity index (χ0) is 32.3. The first-order valence-corrected chi connectivity index (χ1v) is 13.9. The van der Waals surface area contributed by atoms with E-state index in [0.29, 0.717) is 12.0 Å². The quantitative estimate of drug-likeness (QED) is 0.106. The van der Waals surface area contributed by atoms with Crippen LogP contribution in [-0.2, 0) is 35.2 Å². The summed E-state index contributed by atoms with van der Waals surface area (Å²) in [7, 11) is 2.76. The molecular weight excluding hydrogens is 560 g/mol. The number of carboxylic acid groups (broad SMARTS) is 1. The highest BCUT2D eigenvalue weighted by Crippen LogP contribution is 2.15. The number of carbonyl (C=O) groups excluding carboxylic acids is 5. The molecule has 0 saturated carbocycles. The molecule has 2 rings (SSSR count). The lowest BCUT2D eigenvalue weighted by molar-refractivity contribution is -0.145. The van der Waals surface area contributed by atoms with Gasteiger partial charge in [0.25, 0.3) is 0 Å². The molecule has 1 saturated heterocycles. The molecule has 8 N–H and O–H groups in total. The summed E-state index contributed by atoms with van der Waals surface area (Å²) in [5.41, 5.74) is 11.5. The van der Waals surface area contributed by atoms with Crippen LogP contribution in [0.5, 0.6) is 0 Å². The van der Waals surface area contributed by atoms with Crippen LogP contribution in [0.4, 0.5) is 0 Å². The zero-order valence-corrected chi connectivity index (χ0v) is 24.9. The van der Waals surface area contributed by atoms with Gasteiger partial charge in [-0.1, -0.05) is 44.2 Å². The molecule has 0 aromatic heterocycles. The minimum atomic E-state index is -1.54. The van der Waals surface area contributed by atoms with Crippen molar-refractivity contribution in [2.75, 3.05) is 27.2 Å². The van der Waals surface area contributed by atoms with Gasteiger partial charge >= 0.3 is 5.97 Å². The molecule has 1 aromatic rings. The molecule has 0 bridgehead atoms. The van der Waals surface area contributed by atoms with Crippen LogP contribution in [0, 0.1) is 5.92 Å². The number of nitrogens with two attached hydrogens (primary N) is 2. The third-order valence-corrected chi connectivity index (χ3v) is 6.91. The zero-order valence-electron chi connectivity index (χ0n) is 24.9. The number of aliphatic imine (C=N–C) groups is 1. The third-order valence-electron chi connectivity index (χ3n) is 6.91. The van der Waals surface area contributed by atoms with Gasteiger partial charge in [0.1, 0.15) is 24.2 Å². The maximum absolute atomic E-state index is 13.9. The van der Waals surface area contributed by atoms with Crippen molar-refractivity contribution >= 4 is 41.5 Å². The smallest absolute Gasteiger partial charge is 0.305 e. The molecule has 0 radical (unpaired) electrons. The van der Waals surface area contributed by atoms with Crippen LogP contribution in [0.2, 0.25) is 0 Å². The Kier molecular flexibility index (Phi) is 12.9. The number of carbonyl (C=O) groups is 6. The number of likely N-dealkylation sites (N-methyl/N-ethyl adjacent to an activating group) is 2. The highest BCUT2D eigenvalue weighted by molar-refractivity contribution is 5.98. The molecule has 1 aliphatic heterocycles. The monoisotopic (exact) mass is 602 g/mol. The number of guanidine groups is 1. The summed E-state index contributed by atoms with van der Waals surface area (Å²) in [5.74, 6) is -5.43. The van der Waals surface area contributed by atoms with Crippen molar-refractivity contribution in [3.8, 4) is 0 Å². The first-order valence-electron chi connectivity index (χ1n) is 13.9. The highest BCUT2D eigenvalue weighted by Gasteiger charge is 2.38. The van der Waals surface area contributed by atoms with Crippen LogP contribution < -0.4 is 27.4 Å². The van der Waals surface area contributed by atoms with E-state index in [0.717, 1.165) is 4.90 Å². The number of carboxylic acids is 1. The van der Waals surface area contributed by atoms with Gasteiger partial charge in [-0.05, 0) is 24.3 Å². The van der Waals surface area contributed by atoms with Crippen LogP contribution >= 0.6 is 0 Å². The minimum absolute atomic E-state index is 0.0323. The number of aliphatic carboxylic acids is 1. The van der Waals surface area contributed by atoms with Gasteiger partial charge in [0.15, 0.2) is 5.96 Å². The molecule has 4 atom stereocenters. The van der Waals surface area contributed by atoms with E-state index in [-0.39, 0.29) is 25.3 Å². The maximum Gasteiger partial charge on any atom is 0.305 e. The van der Waals surface area contributed by atoms with Crippen molar-refractivity contribution in [2.24, 2.45) is 22.4 Å². The van der Waals surface area contributed by atoms with Crippen molar-refractivity contribution in [2.45, 2.75) is 63.7 Å². The first kappa shape index (κ1) is 34.5. The Labute approximate surface area is 250 Å². The van der Waals surface area contributed by atoms with Gasteiger partial charge < -0.3 is 42.3 Å². The summed E-state index contributed by atoms with van der Waals surface area (Å²) in [4.78, 5) is 84.8. The van der Waals surface area contributed by atoms with Crippen molar-refractivity contribution in [3.05, 3.63) is 35.9 Å². The Balaban J connectivity index is 2.55. The van der Waals surface area contributed by atoms with Gasteiger partial charge in [0.2, 0.25) is 29.5 Å². The largest absolute Gasteiger partial charge is 0.481 e. The molecule has 5 amide bonds. The van der Waals surface area contributed by atoms with Crippen LogP contribution in [0.15, 0.2) is 35.3 Å². The second-order valence-corrected chi connectivity index (χ2v) is 10.8. The molecule has 0 aliphatic carbocycles. The second kappa shape index (κ2) is 16.1. The Bertz CT molecular complexity index is 1200. The van der Waals surface area contributed by atoms with E-state index in [1.807, 2.05) is 0 Å². The summed E-state index contributed by atoms with van der Waals surface area (Å²) in [6.45, 7) is 3.13. The Morgan fingerprint density at radius 1 is 0.953 bits per heavy atom. The molecule has 15 nitrogen and oxygen atoms in total. The van der Waals surface area contributed by atoms with Gasteiger partial charge in [-0.2, -0.15) is 0 Å². The lowest BCUT2D eigenvalue weighted by Crippen LogP contribution is -2.59. The number of nitrogens with one attached hydrogen (secondary N) is 3. The lowest BCUT2D eigenvalue weighted by Gasteiger charge is -2.34. The SMILES string of the molecule is CC(C)[C@H]1C(=O)N[C@@H](CCCN=C(N)N)C(=O)N(C)CC(=O)N[C@@H](CC(=O)O)C(=O)N[C@H](Cc2ccccc2)C(=O)N1C. The molecule has 1 fully saturated rings. The highest BCUT2D eigenvalue weighted by atomic mass is 16.4. The number of hydrogen-bond donors (Lipinski definition) is 6. The molecule has 1 heterocycles. The summed E-state index contributed by atoms with van der Waals surface area (Å²) >= 11 is 0. The van der Waals surface area contributed by atoms with Gasteiger partial charge in [-0.25, -0.2) is 0 Å². The predicted octanol–water partition coefficient (Wildman–Crippen LogP) is -1.83. The molecule has 0 unspecified atom stereocenters. The number of rotatable bonds is 9. The fourth-order valence-corrected chi connectivity index (χ4v) is 4.83. The van der Waals surface area contributed by atoms with E-state index in [9.17, 15) is 33.9 Å². The fourth-order valence-electron chi connectivity index (χ4n) is 4.83. The molecular formula is C28H42N8O7. The number of amides is 5. The van der Waals surface area contributed by atoms with E-state index in [4.69, 9.17) is 11.5 Å². The second-order valence-electron chi connectivity index (χ2n) is 10.8. The molecule has 15 heteroatoms. The van der Waals surface area contributed by atoms with Gasteiger partial charge in [0, 0.05) is 27.1 Å². The van der Waals surface area contributed by atoms with Crippen LogP contribution in [-0.4, -0.2) is 108 Å².